The molecule has 2 aromatic rings. The van der Waals surface area contributed by atoms with E-state index >= 15 is 0 Å². The highest BCUT2D eigenvalue weighted by Gasteiger charge is 2.13. The largest absolute Gasteiger partial charge is 0.456 e. The summed E-state index contributed by atoms with van der Waals surface area (Å²) in [4.78, 5) is 0. The third-order valence-electron chi connectivity index (χ3n) is 2.89. The predicted molar refractivity (Wildman–Crippen MR) is 92.2 cm³/mol. The fourth-order valence-electron chi connectivity index (χ4n) is 1.79. The van der Waals surface area contributed by atoms with Crippen LogP contribution in [-0.4, -0.2) is 5.54 Å². The molecule has 2 nitrogen and oxygen atoms in total. The first-order valence-electron chi connectivity index (χ1n) is 6.81. The molecule has 0 aliphatic carbocycles. The van der Waals surface area contributed by atoms with E-state index in [9.17, 15) is 4.39 Å². The molecule has 0 aliphatic rings. The van der Waals surface area contributed by atoms with Crippen LogP contribution in [0.4, 0.5) is 4.39 Å². The second-order valence-corrected chi connectivity index (χ2v) is 7.05. The van der Waals surface area contributed by atoms with E-state index in [2.05, 4.69) is 48.7 Å². The molecule has 0 radical (unpaired) electrons. The molecule has 2 aromatic carbocycles. The van der Waals surface area contributed by atoms with Crippen molar-refractivity contribution in [2.75, 3.05) is 0 Å². The van der Waals surface area contributed by atoms with E-state index < -0.39 is 0 Å². The Morgan fingerprint density at radius 1 is 1.10 bits per heavy atom. The minimum atomic E-state index is -0.254. The first kappa shape index (κ1) is 16.2. The highest BCUT2D eigenvalue weighted by atomic mass is 127. The van der Waals surface area contributed by atoms with Crippen LogP contribution in [0, 0.1) is 9.39 Å². The maximum absolute atomic E-state index is 13.5. The van der Waals surface area contributed by atoms with E-state index in [0.29, 0.717) is 12.3 Å². The second kappa shape index (κ2) is 6.75. The number of ether oxygens (including phenoxy) is 1. The molecule has 0 spiro atoms. The van der Waals surface area contributed by atoms with Crippen LogP contribution in [0.25, 0.3) is 0 Å². The number of hydrogen-bond donors (Lipinski definition) is 1. The summed E-state index contributed by atoms with van der Waals surface area (Å²) >= 11 is 2.23. The van der Waals surface area contributed by atoms with E-state index in [1.165, 1.54) is 12.1 Å². The molecule has 0 atom stereocenters. The van der Waals surface area contributed by atoms with Gasteiger partial charge in [-0.05, 0) is 73.7 Å². The molecule has 0 bridgehead atoms. The molecule has 0 saturated heterocycles. The fourth-order valence-corrected chi connectivity index (χ4v) is 2.29. The van der Waals surface area contributed by atoms with Crippen LogP contribution in [0.2, 0.25) is 0 Å². The molecule has 1 N–H and O–H groups in total. The van der Waals surface area contributed by atoms with Gasteiger partial charge in [0, 0.05) is 17.6 Å². The van der Waals surface area contributed by atoms with Gasteiger partial charge < -0.3 is 10.1 Å². The molecule has 0 amide bonds. The molecule has 0 fully saturated rings. The minimum absolute atomic E-state index is 0.0369. The summed E-state index contributed by atoms with van der Waals surface area (Å²) in [6.45, 7) is 6.78. The van der Waals surface area contributed by atoms with Crippen molar-refractivity contribution in [2.45, 2.75) is 32.9 Å². The van der Waals surface area contributed by atoms with Gasteiger partial charge in [-0.2, -0.15) is 0 Å². The van der Waals surface area contributed by atoms with Crippen LogP contribution in [0.5, 0.6) is 11.5 Å². The molecule has 0 aliphatic heterocycles. The Morgan fingerprint density at radius 2 is 1.81 bits per heavy atom. The minimum Gasteiger partial charge on any atom is -0.456 e. The zero-order chi connectivity index (χ0) is 15.5. The van der Waals surface area contributed by atoms with Crippen LogP contribution < -0.4 is 10.1 Å². The van der Waals surface area contributed by atoms with Crippen molar-refractivity contribution in [3.8, 4) is 11.5 Å². The quantitative estimate of drug-likeness (QED) is 0.722. The van der Waals surface area contributed by atoms with Gasteiger partial charge in [-0.15, -0.1) is 0 Å². The van der Waals surface area contributed by atoms with Crippen molar-refractivity contribution < 1.29 is 9.13 Å². The maximum Gasteiger partial charge on any atom is 0.140 e. The number of para-hydroxylation sites is 1. The average molecular weight is 399 g/mol. The topological polar surface area (TPSA) is 21.3 Å². The Kier molecular flexibility index (Phi) is 5.22. The lowest BCUT2D eigenvalue weighted by molar-refractivity contribution is 0.412. The maximum atomic E-state index is 13.5. The lowest BCUT2D eigenvalue weighted by atomic mass is 10.1. The van der Waals surface area contributed by atoms with E-state index in [0.717, 1.165) is 14.9 Å². The third kappa shape index (κ3) is 4.97. The first-order valence-corrected chi connectivity index (χ1v) is 7.89. The number of hydrogen-bond acceptors (Lipinski definition) is 2. The highest BCUT2D eigenvalue weighted by Crippen LogP contribution is 2.29. The predicted octanol–water partition coefficient (Wildman–Crippen LogP) is 5.11. The lowest BCUT2D eigenvalue weighted by Gasteiger charge is -2.21. The van der Waals surface area contributed by atoms with Gasteiger partial charge in [0.1, 0.15) is 17.3 Å². The molecule has 0 heterocycles. The Bertz CT molecular complexity index is 622. The van der Waals surface area contributed by atoms with Gasteiger partial charge in [-0.25, -0.2) is 4.39 Å². The monoisotopic (exact) mass is 399 g/mol. The highest BCUT2D eigenvalue weighted by molar-refractivity contribution is 14.1. The van der Waals surface area contributed by atoms with Gasteiger partial charge in [0.15, 0.2) is 0 Å². The summed E-state index contributed by atoms with van der Waals surface area (Å²) in [6.07, 6.45) is 0. The van der Waals surface area contributed by atoms with Gasteiger partial charge in [0.2, 0.25) is 0 Å². The summed E-state index contributed by atoms with van der Waals surface area (Å²) in [7, 11) is 0. The molecule has 0 aromatic heterocycles. The van der Waals surface area contributed by atoms with E-state index in [1.807, 2.05) is 24.3 Å². The van der Waals surface area contributed by atoms with Crippen molar-refractivity contribution in [2.24, 2.45) is 0 Å². The molecule has 112 valence electrons. The van der Waals surface area contributed by atoms with Crippen molar-refractivity contribution >= 4 is 22.6 Å². The van der Waals surface area contributed by atoms with Crippen molar-refractivity contribution in [1.82, 2.24) is 5.32 Å². The summed E-state index contributed by atoms with van der Waals surface area (Å²) in [5.74, 6) is 1.20. The summed E-state index contributed by atoms with van der Waals surface area (Å²) in [5, 5.41) is 3.36. The van der Waals surface area contributed by atoms with Gasteiger partial charge in [0.05, 0.1) is 3.57 Å². The number of benzene rings is 2. The zero-order valence-electron chi connectivity index (χ0n) is 12.4. The fraction of sp³-hybridized carbons (Fsp3) is 0.294. The lowest BCUT2D eigenvalue weighted by Crippen LogP contribution is -2.35. The smallest absolute Gasteiger partial charge is 0.140 e. The Hall–Kier alpha value is -1.14. The van der Waals surface area contributed by atoms with Gasteiger partial charge in [0.25, 0.3) is 0 Å². The second-order valence-electron chi connectivity index (χ2n) is 5.89. The van der Waals surface area contributed by atoms with Crippen LogP contribution in [0.3, 0.4) is 0 Å². The number of halogens is 2. The van der Waals surface area contributed by atoms with Crippen molar-refractivity contribution in [3.05, 3.63) is 57.4 Å². The van der Waals surface area contributed by atoms with E-state index in [1.54, 1.807) is 6.07 Å². The summed E-state index contributed by atoms with van der Waals surface area (Å²) < 4.78 is 20.5. The molecule has 4 heteroatoms. The standard InChI is InChI=1S/C17H19FINO/c1-17(2,3)20-11-12-10-13(18)8-9-15(12)21-16-7-5-4-6-14(16)19/h4-10,20H,11H2,1-3H3. The molecular formula is C17H19FINO. The SMILES string of the molecule is CC(C)(C)NCc1cc(F)ccc1Oc1ccccc1I. The number of rotatable bonds is 4. The summed E-state index contributed by atoms with van der Waals surface area (Å²) in [6, 6.07) is 12.4. The Morgan fingerprint density at radius 3 is 2.48 bits per heavy atom. The van der Waals surface area contributed by atoms with Gasteiger partial charge in [-0.1, -0.05) is 12.1 Å². The Labute approximate surface area is 138 Å². The molecule has 0 saturated carbocycles. The molecule has 2 rings (SSSR count). The van der Waals surface area contributed by atoms with Crippen LogP contribution >= 0.6 is 22.6 Å². The molecular weight excluding hydrogens is 380 g/mol. The summed E-state index contributed by atoms with van der Waals surface area (Å²) in [5.41, 5.74) is 0.773. The molecule has 21 heavy (non-hydrogen) atoms. The average Bonchev–Trinajstić information content (AvgIpc) is 2.40. The van der Waals surface area contributed by atoms with E-state index in [4.69, 9.17) is 4.74 Å². The van der Waals surface area contributed by atoms with Crippen LogP contribution in [0.1, 0.15) is 26.3 Å². The van der Waals surface area contributed by atoms with Crippen molar-refractivity contribution in [1.29, 1.82) is 0 Å². The molecule has 0 unspecified atom stereocenters. The van der Waals surface area contributed by atoms with Gasteiger partial charge >= 0.3 is 0 Å². The third-order valence-corrected chi connectivity index (χ3v) is 3.78. The number of nitrogens with one attached hydrogen (secondary N) is 1. The first-order chi connectivity index (χ1) is 9.85. The van der Waals surface area contributed by atoms with Gasteiger partial charge in [-0.3, -0.25) is 0 Å². The van der Waals surface area contributed by atoms with Crippen LogP contribution in [0.15, 0.2) is 42.5 Å². The van der Waals surface area contributed by atoms with Crippen molar-refractivity contribution in [3.63, 3.8) is 0 Å². The normalized spacial score (nSPS) is 11.5. The van der Waals surface area contributed by atoms with E-state index in [-0.39, 0.29) is 11.4 Å². The zero-order valence-corrected chi connectivity index (χ0v) is 14.6. The Balaban J connectivity index is 2.25. The van der Waals surface area contributed by atoms with Crippen LogP contribution in [-0.2, 0) is 6.54 Å².